The molecule has 4 rings (SSSR count). The molecule has 3 heterocycles. The minimum Gasteiger partial charge on any atom is -0.482 e. The number of benzene rings is 1. The molecule has 1 aromatic carbocycles. The van der Waals surface area contributed by atoms with Crippen LogP contribution in [0.3, 0.4) is 0 Å². The standard InChI is InChI=1S/C21H15F3N6O2/c22-21(23,24)12-32-18-5-7-26-11-17(18)29-19(31)16-4-8-27-20(30-16)28-15-2-1-14-10-25-6-3-13(14)9-15/h1-11H,12H2,(H,29,31)(H,27,28,30). The van der Waals surface area contributed by atoms with Gasteiger partial charge in [0.2, 0.25) is 5.95 Å². The third kappa shape index (κ3) is 5.25. The number of nitrogens with zero attached hydrogens (tertiary/aromatic N) is 4. The number of ether oxygens (including phenoxy) is 1. The van der Waals surface area contributed by atoms with E-state index in [1.807, 2.05) is 24.3 Å². The molecule has 8 nitrogen and oxygen atoms in total. The first-order valence-electron chi connectivity index (χ1n) is 9.26. The van der Waals surface area contributed by atoms with Crippen LogP contribution in [-0.4, -0.2) is 38.6 Å². The number of hydrogen-bond donors (Lipinski definition) is 2. The van der Waals surface area contributed by atoms with Crippen LogP contribution < -0.4 is 15.4 Å². The van der Waals surface area contributed by atoms with Crippen molar-refractivity contribution in [1.29, 1.82) is 0 Å². The Kier molecular flexibility index (Phi) is 5.79. The molecule has 0 aliphatic carbocycles. The molecule has 4 aromatic rings. The SMILES string of the molecule is O=C(Nc1cnccc1OCC(F)(F)F)c1ccnc(Nc2ccc3cnccc3c2)n1. The second kappa shape index (κ2) is 8.84. The largest absolute Gasteiger partial charge is 0.482 e. The van der Waals surface area contributed by atoms with Crippen molar-refractivity contribution < 1.29 is 22.7 Å². The zero-order valence-electron chi connectivity index (χ0n) is 16.3. The van der Waals surface area contributed by atoms with E-state index in [-0.39, 0.29) is 23.1 Å². The van der Waals surface area contributed by atoms with Crippen molar-refractivity contribution in [1.82, 2.24) is 19.9 Å². The molecule has 0 bridgehead atoms. The number of carbonyl (C=O) groups excluding carboxylic acids is 1. The fourth-order valence-corrected chi connectivity index (χ4v) is 2.78. The van der Waals surface area contributed by atoms with Gasteiger partial charge in [-0.3, -0.25) is 14.8 Å². The topological polar surface area (TPSA) is 102 Å². The van der Waals surface area contributed by atoms with E-state index in [4.69, 9.17) is 4.74 Å². The highest BCUT2D eigenvalue weighted by molar-refractivity contribution is 6.03. The molecule has 0 saturated heterocycles. The predicted molar refractivity (Wildman–Crippen MR) is 111 cm³/mol. The maximum Gasteiger partial charge on any atom is 0.422 e. The molecule has 32 heavy (non-hydrogen) atoms. The van der Waals surface area contributed by atoms with E-state index in [1.54, 1.807) is 12.4 Å². The quantitative estimate of drug-likeness (QED) is 0.459. The average molecular weight is 440 g/mol. The maximum atomic E-state index is 12.6. The lowest BCUT2D eigenvalue weighted by Gasteiger charge is -2.13. The highest BCUT2D eigenvalue weighted by Crippen LogP contribution is 2.26. The summed E-state index contributed by atoms with van der Waals surface area (Å²) in [6.45, 7) is -1.50. The molecule has 0 aliphatic rings. The van der Waals surface area contributed by atoms with Crippen molar-refractivity contribution in [2.45, 2.75) is 6.18 Å². The molecule has 11 heteroatoms. The van der Waals surface area contributed by atoms with E-state index >= 15 is 0 Å². The number of aromatic nitrogens is 4. The van der Waals surface area contributed by atoms with Gasteiger partial charge in [-0.2, -0.15) is 13.2 Å². The summed E-state index contributed by atoms with van der Waals surface area (Å²) in [5.41, 5.74) is 0.687. The smallest absolute Gasteiger partial charge is 0.422 e. The van der Waals surface area contributed by atoms with Crippen LogP contribution in [0.15, 0.2) is 67.4 Å². The highest BCUT2D eigenvalue weighted by Gasteiger charge is 2.29. The minimum absolute atomic E-state index is 0.00175. The van der Waals surface area contributed by atoms with Crippen molar-refractivity contribution >= 4 is 34.0 Å². The molecule has 0 radical (unpaired) electrons. The van der Waals surface area contributed by atoms with Crippen LogP contribution in [0.25, 0.3) is 10.8 Å². The van der Waals surface area contributed by atoms with E-state index in [0.717, 1.165) is 10.8 Å². The van der Waals surface area contributed by atoms with Gasteiger partial charge in [0.05, 0.1) is 6.20 Å². The molecular weight excluding hydrogens is 425 g/mol. The van der Waals surface area contributed by atoms with Gasteiger partial charge in [0.1, 0.15) is 17.1 Å². The molecule has 1 amide bonds. The Hall–Kier alpha value is -4.28. The van der Waals surface area contributed by atoms with E-state index in [2.05, 4.69) is 30.6 Å². The highest BCUT2D eigenvalue weighted by atomic mass is 19.4. The molecule has 2 N–H and O–H groups in total. The fraction of sp³-hybridized carbons (Fsp3) is 0.0952. The number of amides is 1. The molecule has 0 aliphatic heterocycles. The van der Waals surface area contributed by atoms with Crippen LogP contribution >= 0.6 is 0 Å². The summed E-state index contributed by atoms with van der Waals surface area (Å²) in [5.74, 6) is -0.653. The van der Waals surface area contributed by atoms with Crippen molar-refractivity contribution in [2.75, 3.05) is 17.2 Å². The Bertz CT molecular complexity index is 1270. The zero-order valence-corrected chi connectivity index (χ0v) is 16.3. The molecule has 0 unspecified atom stereocenters. The van der Waals surface area contributed by atoms with Crippen LogP contribution in [0, 0.1) is 0 Å². The van der Waals surface area contributed by atoms with Crippen molar-refractivity contribution in [2.24, 2.45) is 0 Å². The van der Waals surface area contributed by atoms with Crippen LogP contribution in [0.4, 0.5) is 30.5 Å². The first kappa shape index (κ1) is 21.0. The molecule has 3 aromatic heterocycles. The Morgan fingerprint density at radius 1 is 0.969 bits per heavy atom. The number of nitrogens with one attached hydrogen (secondary N) is 2. The Morgan fingerprint density at radius 3 is 2.62 bits per heavy atom. The molecule has 0 fully saturated rings. The van der Waals surface area contributed by atoms with Gasteiger partial charge in [-0.25, -0.2) is 9.97 Å². The fourth-order valence-electron chi connectivity index (χ4n) is 2.78. The summed E-state index contributed by atoms with van der Waals surface area (Å²) in [5, 5.41) is 7.40. The van der Waals surface area contributed by atoms with Crippen LogP contribution in [0.2, 0.25) is 0 Å². The minimum atomic E-state index is -4.52. The number of halogens is 3. The number of carbonyl (C=O) groups is 1. The summed E-state index contributed by atoms with van der Waals surface area (Å²) in [6, 6.07) is 10.0. The van der Waals surface area contributed by atoms with Gasteiger partial charge in [0.25, 0.3) is 5.91 Å². The van der Waals surface area contributed by atoms with E-state index in [9.17, 15) is 18.0 Å². The van der Waals surface area contributed by atoms with E-state index < -0.39 is 18.7 Å². The monoisotopic (exact) mass is 440 g/mol. The first-order valence-corrected chi connectivity index (χ1v) is 9.26. The second-order valence-electron chi connectivity index (χ2n) is 6.56. The summed E-state index contributed by atoms with van der Waals surface area (Å²) < 4.78 is 42.1. The van der Waals surface area contributed by atoms with Crippen molar-refractivity contribution in [3.8, 4) is 5.75 Å². The lowest BCUT2D eigenvalue weighted by atomic mass is 10.1. The van der Waals surface area contributed by atoms with Gasteiger partial charge in [-0.15, -0.1) is 0 Å². The van der Waals surface area contributed by atoms with Crippen LogP contribution in [0.5, 0.6) is 5.75 Å². The van der Waals surface area contributed by atoms with Crippen molar-refractivity contribution in [3.05, 3.63) is 73.1 Å². The van der Waals surface area contributed by atoms with E-state index in [1.165, 1.54) is 30.7 Å². The average Bonchev–Trinajstić information content (AvgIpc) is 2.78. The molecule has 0 spiro atoms. The lowest BCUT2D eigenvalue weighted by Crippen LogP contribution is -2.21. The number of fused-ring (bicyclic) bond motifs is 1. The van der Waals surface area contributed by atoms with Gasteiger partial charge in [-0.1, -0.05) is 6.07 Å². The van der Waals surface area contributed by atoms with Crippen molar-refractivity contribution in [3.63, 3.8) is 0 Å². The summed E-state index contributed by atoms with van der Waals surface area (Å²) >= 11 is 0. The molecular formula is C21H15F3N6O2. The van der Waals surface area contributed by atoms with Gasteiger partial charge in [0, 0.05) is 41.9 Å². The number of rotatable bonds is 6. The van der Waals surface area contributed by atoms with Crippen LogP contribution in [-0.2, 0) is 0 Å². The van der Waals surface area contributed by atoms with Gasteiger partial charge < -0.3 is 15.4 Å². The predicted octanol–water partition coefficient (Wildman–Crippen LogP) is 4.36. The Labute approximate surface area is 179 Å². The number of hydrogen-bond acceptors (Lipinski definition) is 7. The molecule has 0 atom stereocenters. The maximum absolute atomic E-state index is 12.6. The Morgan fingerprint density at radius 2 is 1.78 bits per heavy atom. The summed E-state index contributed by atoms with van der Waals surface area (Å²) in [4.78, 5) is 28.8. The van der Waals surface area contributed by atoms with Gasteiger partial charge in [-0.05, 0) is 29.7 Å². The summed E-state index contributed by atoms with van der Waals surface area (Å²) in [7, 11) is 0. The Balaban J connectivity index is 1.49. The normalized spacial score (nSPS) is 11.2. The number of anilines is 3. The molecule has 162 valence electrons. The van der Waals surface area contributed by atoms with Gasteiger partial charge >= 0.3 is 6.18 Å². The van der Waals surface area contributed by atoms with E-state index in [0.29, 0.717) is 5.69 Å². The second-order valence-corrected chi connectivity index (χ2v) is 6.56. The van der Waals surface area contributed by atoms with Gasteiger partial charge in [0.15, 0.2) is 6.61 Å². The lowest BCUT2D eigenvalue weighted by molar-refractivity contribution is -0.153. The summed E-state index contributed by atoms with van der Waals surface area (Å²) in [6.07, 6.45) is 2.74. The van der Waals surface area contributed by atoms with Crippen LogP contribution in [0.1, 0.15) is 10.5 Å². The third-order valence-electron chi connectivity index (χ3n) is 4.21. The zero-order chi connectivity index (χ0) is 22.6. The number of alkyl halides is 3. The molecule has 0 saturated carbocycles. The third-order valence-corrected chi connectivity index (χ3v) is 4.21. The number of pyridine rings is 2. The first-order chi connectivity index (χ1) is 15.4.